The molecule has 2 aromatic rings. The Labute approximate surface area is 211 Å². The van der Waals surface area contributed by atoms with Crippen LogP contribution in [0.15, 0.2) is 24.4 Å². The number of esters is 1. The molecule has 0 saturated heterocycles. The van der Waals surface area contributed by atoms with E-state index >= 15 is 0 Å². The molecule has 11 heteroatoms. The van der Waals surface area contributed by atoms with Crippen LogP contribution < -0.4 is 24.6 Å². The lowest BCUT2D eigenvalue weighted by Gasteiger charge is -2.36. The van der Waals surface area contributed by atoms with Gasteiger partial charge in [0.25, 0.3) is 0 Å². The number of rotatable bonds is 10. The fourth-order valence-corrected chi connectivity index (χ4v) is 4.23. The summed E-state index contributed by atoms with van der Waals surface area (Å²) in [5, 5.41) is 0. The number of benzene rings is 1. The van der Waals surface area contributed by atoms with E-state index in [1.165, 1.54) is 20.2 Å². The SMILES string of the molecule is CCOc1cc([C@H]2C[C@H](OC(C)=O)CC[C@H]2NOC(=O)c2cnc(N(C)C)nc2OC)ccc1OC. The highest BCUT2D eigenvalue weighted by Crippen LogP contribution is 2.38. The van der Waals surface area contributed by atoms with Crippen LogP contribution in [0.3, 0.4) is 0 Å². The predicted octanol–water partition coefficient (Wildman–Crippen LogP) is 2.89. The Morgan fingerprint density at radius 2 is 1.92 bits per heavy atom. The third-order valence-electron chi connectivity index (χ3n) is 5.91. The predicted molar refractivity (Wildman–Crippen MR) is 132 cm³/mol. The lowest BCUT2D eigenvalue weighted by atomic mass is 9.79. The first-order valence-electron chi connectivity index (χ1n) is 11.8. The van der Waals surface area contributed by atoms with E-state index in [0.717, 1.165) is 5.56 Å². The number of carbonyl (C=O) groups is 2. The van der Waals surface area contributed by atoms with Crippen LogP contribution >= 0.6 is 0 Å². The number of hydroxylamine groups is 1. The second-order valence-corrected chi connectivity index (χ2v) is 8.60. The molecule has 1 aromatic carbocycles. The molecular weight excluding hydrogens is 468 g/mol. The van der Waals surface area contributed by atoms with Crippen LogP contribution in [0.4, 0.5) is 5.95 Å². The molecule has 11 nitrogen and oxygen atoms in total. The highest BCUT2D eigenvalue weighted by Gasteiger charge is 2.35. The molecule has 1 N–H and O–H groups in total. The lowest BCUT2D eigenvalue weighted by Crippen LogP contribution is -2.42. The zero-order valence-corrected chi connectivity index (χ0v) is 21.6. The first-order chi connectivity index (χ1) is 17.3. The molecule has 1 saturated carbocycles. The largest absolute Gasteiger partial charge is 0.493 e. The van der Waals surface area contributed by atoms with Crippen LogP contribution in [0.1, 0.15) is 54.9 Å². The molecule has 1 heterocycles. The van der Waals surface area contributed by atoms with Crippen molar-refractivity contribution in [3.05, 3.63) is 35.5 Å². The first-order valence-corrected chi connectivity index (χ1v) is 11.8. The molecule has 1 aromatic heterocycles. The van der Waals surface area contributed by atoms with Gasteiger partial charge < -0.3 is 28.7 Å². The summed E-state index contributed by atoms with van der Waals surface area (Å²) in [6, 6.07) is 5.45. The Morgan fingerprint density at radius 1 is 1.14 bits per heavy atom. The minimum atomic E-state index is -0.664. The number of nitrogens with one attached hydrogen (secondary N) is 1. The number of methoxy groups -OCH3 is 2. The average Bonchev–Trinajstić information content (AvgIpc) is 2.87. The highest BCUT2D eigenvalue weighted by molar-refractivity contribution is 5.91. The Kier molecular flexibility index (Phi) is 9.29. The maximum absolute atomic E-state index is 12.9. The van der Waals surface area contributed by atoms with Crippen molar-refractivity contribution in [2.75, 3.05) is 39.8 Å². The highest BCUT2D eigenvalue weighted by atomic mass is 16.7. The van der Waals surface area contributed by atoms with Gasteiger partial charge >= 0.3 is 11.9 Å². The molecule has 0 spiro atoms. The van der Waals surface area contributed by atoms with E-state index in [1.54, 1.807) is 26.1 Å². The van der Waals surface area contributed by atoms with Gasteiger partial charge in [-0.1, -0.05) is 6.07 Å². The van der Waals surface area contributed by atoms with Crippen molar-refractivity contribution in [3.8, 4) is 17.4 Å². The van der Waals surface area contributed by atoms with Crippen molar-refractivity contribution >= 4 is 17.9 Å². The minimum absolute atomic E-state index is 0.101. The van der Waals surface area contributed by atoms with Gasteiger partial charge in [-0.25, -0.2) is 9.78 Å². The fourth-order valence-electron chi connectivity index (χ4n) is 4.23. The Morgan fingerprint density at radius 3 is 2.56 bits per heavy atom. The third kappa shape index (κ3) is 6.54. The molecule has 0 unspecified atom stereocenters. The maximum Gasteiger partial charge on any atom is 0.363 e. The smallest absolute Gasteiger partial charge is 0.363 e. The van der Waals surface area contributed by atoms with Gasteiger partial charge in [-0.3, -0.25) is 4.79 Å². The molecule has 196 valence electrons. The summed E-state index contributed by atoms with van der Waals surface area (Å²) in [5.74, 6) is 0.646. The molecule has 36 heavy (non-hydrogen) atoms. The van der Waals surface area contributed by atoms with Crippen molar-refractivity contribution in [2.24, 2.45) is 0 Å². The first kappa shape index (κ1) is 27.0. The van der Waals surface area contributed by atoms with Gasteiger partial charge in [0.05, 0.1) is 33.1 Å². The summed E-state index contributed by atoms with van der Waals surface area (Å²) in [5.41, 5.74) is 3.97. The van der Waals surface area contributed by atoms with Crippen LogP contribution in [-0.2, 0) is 14.4 Å². The summed E-state index contributed by atoms with van der Waals surface area (Å²) in [6.45, 7) is 3.78. The van der Waals surface area contributed by atoms with E-state index in [4.69, 9.17) is 23.8 Å². The van der Waals surface area contributed by atoms with Crippen LogP contribution in [0.25, 0.3) is 0 Å². The standard InChI is InChI=1S/C25H34N4O7/c1-7-34-22-12-16(8-11-21(22)32-5)18-13-17(35-15(2)30)9-10-20(18)28-36-24(31)19-14-26-25(29(3)4)27-23(19)33-6/h8,11-12,14,17-18,20,28H,7,9-10,13H2,1-6H3/t17-,18-,20-/m1/s1. The summed E-state index contributed by atoms with van der Waals surface area (Å²) >= 11 is 0. The summed E-state index contributed by atoms with van der Waals surface area (Å²) in [7, 11) is 6.59. The van der Waals surface area contributed by atoms with E-state index in [0.29, 0.717) is 43.3 Å². The molecule has 1 fully saturated rings. The van der Waals surface area contributed by atoms with Crippen LogP contribution in [-0.4, -0.2) is 69.0 Å². The molecule has 0 bridgehead atoms. The average molecular weight is 503 g/mol. The Hall–Kier alpha value is -3.60. The Bertz CT molecular complexity index is 1060. The van der Waals surface area contributed by atoms with Crippen molar-refractivity contribution in [2.45, 2.75) is 51.2 Å². The normalized spacial score (nSPS) is 19.2. The molecule has 1 aliphatic carbocycles. The fraction of sp³-hybridized carbons (Fsp3) is 0.520. The van der Waals surface area contributed by atoms with Gasteiger partial charge in [0.15, 0.2) is 11.5 Å². The molecular formula is C25H34N4O7. The van der Waals surface area contributed by atoms with Crippen molar-refractivity contribution in [1.29, 1.82) is 0 Å². The minimum Gasteiger partial charge on any atom is -0.493 e. The maximum atomic E-state index is 12.9. The zero-order valence-electron chi connectivity index (χ0n) is 21.6. The number of nitrogens with zero attached hydrogens (tertiary/aromatic N) is 3. The molecule has 3 rings (SSSR count). The van der Waals surface area contributed by atoms with Crippen LogP contribution in [0.5, 0.6) is 17.4 Å². The van der Waals surface area contributed by atoms with Gasteiger partial charge in [0.2, 0.25) is 11.8 Å². The van der Waals surface area contributed by atoms with Crippen molar-refractivity contribution in [3.63, 3.8) is 0 Å². The monoisotopic (exact) mass is 502 g/mol. The van der Waals surface area contributed by atoms with Crippen LogP contribution in [0.2, 0.25) is 0 Å². The molecule has 0 amide bonds. The molecule has 0 aliphatic heterocycles. The second-order valence-electron chi connectivity index (χ2n) is 8.60. The van der Waals surface area contributed by atoms with Gasteiger partial charge in [0.1, 0.15) is 11.7 Å². The number of anilines is 1. The number of aromatic nitrogens is 2. The number of carbonyl (C=O) groups excluding carboxylic acids is 2. The van der Waals surface area contributed by atoms with Gasteiger partial charge in [-0.2, -0.15) is 4.98 Å². The van der Waals surface area contributed by atoms with Crippen molar-refractivity contribution < 1.29 is 33.4 Å². The van der Waals surface area contributed by atoms with Gasteiger partial charge in [-0.15, -0.1) is 5.48 Å². The number of hydrogen-bond donors (Lipinski definition) is 1. The number of hydrogen-bond acceptors (Lipinski definition) is 11. The van der Waals surface area contributed by atoms with Gasteiger partial charge in [-0.05, 0) is 43.9 Å². The van der Waals surface area contributed by atoms with Gasteiger partial charge in [0, 0.05) is 26.9 Å². The summed E-state index contributed by atoms with van der Waals surface area (Å²) in [6.07, 6.45) is 2.92. The molecule has 0 radical (unpaired) electrons. The Balaban J connectivity index is 1.81. The van der Waals surface area contributed by atoms with Crippen LogP contribution in [0, 0.1) is 0 Å². The zero-order chi connectivity index (χ0) is 26.2. The van der Waals surface area contributed by atoms with E-state index in [-0.39, 0.29) is 35.5 Å². The van der Waals surface area contributed by atoms with E-state index in [1.807, 2.05) is 25.1 Å². The van der Waals surface area contributed by atoms with E-state index in [9.17, 15) is 9.59 Å². The second kappa shape index (κ2) is 12.4. The molecule has 3 atom stereocenters. The summed E-state index contributed by atoms with van der Waals surface area (Å²) < 4.78 is 21.9. The van der Waals surface area contributed by atoms with E-state index in [2.05, 4.69) is 15.4 Å². The molecule has 1 aliphatic rings. The van der Waals surface area contributed by atoms with E-state index < -0.39 is 5.97 Å². The quantitative estimate of drug-likeness (QED) is 0.381. The lowest BCUT2D eigenvalue weighted by molar-refractivity contribution is -0.148. The topological polar surface area (TPSA) is 121 Å². The van der Waals surface area contributed by atoms with Crippen molar-refractivity contribution in [1.82, 2.24) is 15.4 Å². The third-order valence-corrected chi connectivity index (χ3v) is 5.91. The summed E-state index contributed by atoms with van der Waals surface area (Å²) in [4.78, 5) is 40.0. The number of ether oxygens (including phenoxy) is 4.